The monoisotopic (exact) mass is 233 g/mol. The van der Waals surface area contributed by atoms with Gasteiger partial charge in [-0.1, -0.05) is 23.2 Å². The Morgan fingerprint density at radius 3 is 1.92 bits per heavy atom. The SMILES string of the molecule is O=C([O-])C(CP(=O)(O)O)=C(Cl)Cl. The van der Waals surface area contributed by atoms with Crippen molar-refractivity contribution in [3.63, 3.8) is 0 Å². The highest BCUT2D eigenvalue weighted by Crippen LogP contribution is 2.38. The topological polar surface area (TPSA) is 97.7 Å². The van der Waals surface area contributed by atoms with E-state index in [1.165, 1.54) is 0 Å². The van der Waals surface area contributed by atoms with Crippen molar-refractivity contribution in [2.45, 2.75) is 0 Å². The van der Waals surface area contributed by atoms with Crippen LogP contribution in [0.5, 0.6) is 0 Å². The van der Waals surface area contributed by atoms with Gasteiger partial charge in [-0.05, 0) is 0 Å². The molecule has 0 fully saturated rings. The maximum absolute atomic E-state index is 10.3. The van der Waals surface area contributed by atoms with Gasteiger partial charge in [0.05, 0.1) is 12.1 Å². The summed E-state index contributed by atoms with van der Waals surface area (Å²) in [6.45, 7) is 0. The Hall–Kier alpha value is -0.0600. The molecule has 0 unspecified atom stereocenters. The third-order valence-electron chi connectivity index (χ3n) is 0.839. The first kappa shape index (κ1) is 11.9. The Morgan fingerprint density at radius 1 is 1.42 bits per heavy atom. The predicted octanol–water partition coefficient (Wildman–Crippen LogP) is -0.397. The van der Waals surface area contributed by atoms with E-state index in [0.717, 1.165) is 0 Å². The fraction of sp³-hybridized carbons (Fsp3) is 0.250. The average Bonchev–Trinajstić information content (AvgIpc) is 1.79. The summed E-state index contributed by atoms with van der Waals surface area (Å²) in [5.41, 5.74) is -0.799. The molecule has 5 nitrogen and oxygen atoms in total. The predicted molar refractivity (Wildman–Crippen MR) is 40.7 cm³/mol. The van der Waals surface area contributed by atoms with Crippen molar-refractivity contribution >= 4 is 36.8 Å². The maximum Gasteiger partial charge on any atom is 0.330 e. The van der Waals surface area contributed by atoms with Crippen molar-refractivity contribution in [1.82, 2.24) is 0 Å². The first-order valence-electron chi connectivity index (χ1n) is 2.54. The van der Waals surface area contributed by atoms with Gasteiger partial charge in [-0.25, -0.2) is 0 Å². The van der Waals surface area contributed by atoms with Crippen molar-refractivity contribution in [2.24, 2.45) is 0 Å². The normalized spacial score (nSPS) is 11.0. The Bertz CT molecular complexity index is 263. The van der Waals surface area contributed by atoms with E-state index in [9.17, 15) is 14.5 Å². The average molecular weight is 234 g/mol. The van der Waals surface area contributed by atoms with Crippen LogP contribution in [-0.4, -0.2) is 21.9 Å². The van der Waals surface area contributed by atoms with Gasteiger partial charge in [-0.3, -0.25) is 4.57 Å². The van der Waals surface area contributed by atoms with Gasteiger partial charge in [0.2, 0.25) is 0 Å². The summed E-state index contributed by atoms with van der Waals surface area (Å²) in [5, 5.41) is 10.1. The smallest absolute Gasteiger partial charge is 0.330 e. The van der Waals surface area contributed by atoms with Gasteiger partial charge < -0.3 is 19.7 Å². The molecule has 0 saturated carbocycles. The molecule has 0 aromatic carbocycles. The molecule has 0 aliphatic rings. The third kappa shape index (κ3) is 4.74. The number of carbonyl (C=O) groups excluding carboxylic acids is 1. The van der Waals surface area contributed by atoms with Gasteiger partial charge in [-0.2, -0.15) is 0 Å². The molecule has 0 rings (SSSR count). The summed E-state index contributed by atoms with van der Waals surface area (Å²) in [6, 6.07) is 0. The van der Waals surface area contributed by atoms with Crippen LogP contribution in [0.1, 0.15) is 0 Å². The van der Waals surface area contributed by atoms with Crippen LogP contribution < -0.4 is 5.11 Å². The molecule has 0 bridgehead atoms. The third-order valence-corrected chi connectivity index (χ3v) is 2.02. The van der Waals surface area contributed by atoms with Gasteiger partial charge in [0.25, 0.3) is 0 Å². The molecule has 0 aromatic heterocycles. The number of hydrogen-bond donors (Lipinski definition) is 2. The van der Waals surface area contributed by atoms with E-state index in [2.05, 4.69) is 0 Å². The van der Waals surface area contributed by atoms with Crippen LogP contribution in [0.2, 0.25) is 0 Å². The molecule has 8 heteroatoms. The van der Waals surface area contributed by atoms with E-state index < -0.39 is 29.8 Å². The first-order valence-corrected chi connectivity index (χ1v) is 5.09. The Balaban J connectivity index is 4.72. The molecular weight excluding hydrogens is 230 g/mol. The van der Waals surface area contributed by atoms with E-state index in [4.69, 9.17) is 33.0 Å². The van der Waals surface area contributed by atoms with Crippen LogP contribution >= 0.6 is 30.8 Å². The lowest BCUT2D eigenvalue weighted by molar-refractivity contribution is -0.299. The van der Waals surface area contributed by atoms with Gasteiger partial charge in [0, 0.05) is 5.57 Å². The minimum absolute atomic E-state index is 0.710. The molecule has 12 heavy (non-hydrogen) atoms. The highest BCUT2D eigenvalue weighted by Gasteiger charge is 2.18. The number of carboxylic acid groups (broad SMARTS) is 1. The van der Waals surface area contributed by atoms with E-state index in [1.807, 2.05) is 0 Å². The summed E-state index contributed by atoms with van der Waals surface area (Å²) >= 11 is 10.1. The van der Waals surface area contributed by atoms with Gasteiger partial charge in [-0.15, -0.1) is 0 Å². The van der Waals surface area contributed by atoms with E-state index >= 15 is 0 Å². The molecule has 0 aliphatic carbocycles. The van der Waals surface area contributed by atoms with Crippen LogP contribution in [0, 0.1) is 0 Å². The zero-order valence-electron chi connectivity index (χ0n) is 5.53. The van der Waals surface area contributed by atoms with E-state index in [1.54, 1.807) is 0 Å². The van der Waals surface area contributed by atoms with E-state index in [0.29, 0.717) is 0 Å². The minimum atomic E-state index is -4.48. The lowest BCUT2D eigenvalue weighted by Crippen LogP contribution is -2.26. The second-order valence-electron chi connectivity index (χ2n) is 1.85. The largest absolute Gasteiger partial charge is 0.545 e. The fourth-order valence-electron chi connectivity index (χ4n) is 0.407. The van der Waals surface area contributed by atoms with Crippen LogP contribution in [-0.2, 0) is 9.36 Å². The highest BCUT2D eigenvalue weighted by atomic mass is 35.5. The summed E-state index contributed by atoms with van der Waals surface area (Å²) in [7, 11) is -4.48. The number of carboxylic acids is 1. The molecule has 0 aromatic rings. The second kappa shape index (κ2) is 4.25. The molecule has 70 valence electrons. The van der Waals surface area contributed by atoms with Crippen LogP contribution in [0.25, 0.3) is 0 Å². The molecule has 0 radical (unpaired) electrons. The molecular formula is C4H4Cl2O5P-. The van der Waals surface area contributed by atoms with Crippen molar-refractivity contribution in [3.05, 3.63) is 10.1 Å². The molecule has 0 aliphatic heterocycles. The lowest BCUT2D eigenvalue weighted by Gasteiger charge is -2.09. The van der Waals surface area contributed by atoms with Crippen LogP contribution in [0.4, 0.5) is 0 Å². The highest BCUT2D eigenvalue weighted by molar-refractivity contribution is 7.52. The number of aliphatic carboxylic acids is 1. The Kier molecular flexibility index (Phi) is 4.23. The number of rotatable bonds is 3. The number of carbonyl (C=O) groups is 1. The van der Waals surface area contributed by atoms with Crippen molar-refractivity contribution in [1.29, 1.82) is 0 Å². The molecule has 0 atom stereocenters. The standard InChI is InChI=1S/C4H5Cl2O5P/c5-3(6)2(4(7)8)1-12(9,10)11/h1H2,(H,7,8)(H2,9,10,11)/p-1. The fourth-order valence-corrected chi connectivity index (χ4v) is 1.58. The Morgan fingerprint density at radius 2 is 1.83 bits per heavy atom. The number of halogens is 2. The second-order valence-corrected chi connectivity index (χ2v) is 4.44. The van der Waals surface area contributed by atoms with Gasteiger partial charge >= 0.3 is 7.60 Å². The molecule has 0 saturated heterocycles. The number of hydrogen-bond acceptors (Lipinski definition) is 3. The molecule has 0 heterocycles. The maximum atomic E-state index is 10.3. The molecule has 2 N–H and O–H groups in total. The first-order chi connectivity index (χ1) is 5.24. The summed E-state index contributed by atoms with van der Waals surface area (Å²) < 4.78 is 9.59. The van der Waals surface area contributed by atoms with Crippen molar-refractivity contribution < 1.29 is 24.3 Å². The summed E-state index contributed by atoms with van der Waals surface area (Å²) in [6.07, 6.45) is -1.03. The molecule has 0 spiro atoms. The zero-order chi connectivity index (χ0) is 9.94. The van der Waals surface area contributed by atoms with Crippen LogP contribution in [0.15, 0.2) is 10.1 Å². The minimum Gasteiger partial charge on any atom is -0.545 e. The quantitative estimate of drug-likeness (QED) is 0.511. The molecule has 0 amide bonds. The van der Waals surface area contributed by atoms with E-state index in [-0.39, 0.29) is 0 Å². The summed E-state index contributed by atoms with van der Waals surface area (Å²) in [4.78, 5) is 26.8. The summed E-state index contributed by atoms with van der Waals surface area (Å²) in [5.74, 6) is -1.79. The van der Waals surface area contributed by atoms with Gasteiger partial charge in [0.15, 0.2) is 0 Å². The van der Waals surface area contributed by atoms with Crippen LogP contribution in [0.3, 0.4) is 0 Å². The Labute approximate surface area is 77.8 Å². The lowest BCUT2D eigenvalue weighted by atomic mass is 10.4. The van der Waals surface area contributed by atoms with Crippen molar-refractivity contribution in [3.8, 4) is 0 Å². The van der Waals surface area contributed by atoms with Crippen molar-refractivity contribution in [2.75, 3.05) is 6.16 Å². The van der Waals surface area contributed by atoms with Gasteiger partial charge in [0.1, 0.15) is 4.49 Å². The zero-order valence-corrected chi connectivity index (χ0v) is 7.94.